The van der Waals surface area contributed by atoms with Crippen LogP contribution >= 0.6 is 0 Å². The van der Waals surface area contributed by atoms with E-state index in [0.29, 0.717) is 16.6 Å². The highest BCUT2D eigenvalue weighted by Gasteiger charge is 2.30. The monoisotopic (exact) mass is 402 g/mol. The zero-order valence-corrected chi connectivity index (χ0v) is 15.6. The molecule has 1 heterocycles. The Balaban J connectivity index is 1.74. The van der Waals surface area contributed by atoms with Gasteiger partial charge in [0.25, 0.3) is 5.91 Å². The van der Waals surface area contributed by atoms with Crippen LogP contribution in [0.4, 0.5) is 18.9 Å². The molecule has 2 aromatic carbocycles. The maximum atomic E-state index is 12.8. The molecule has 150 valence electrons. The molecule has 1 N–H and O–H groups in total. The van der Waals surface area contributed by atoms with Gasteiger partial charge in [0.2, 0.25) is 0 Å². The van der Waals surface area contributed by atoms with E-state index in [1.807, 2.05) is 0 Å². The first kappa shape index (κ1) is 20.3. The van der Waals surface area contributed by atoms with Gasteiger partial charge in [-0.05, 0) is 44.2 Å². The predicted molar refractivity (Wildman–Crippen MR) is 101 cm³/mol. The first-order valence-corrected chi connectivity index (χ1v) is 8.70. The number of nitrogens with zero attached hydrogens (tertiary/aromatic N) is 1. The molecule has 0 unspecified atom stereocenters. The van der Waals surface area contributed by atoms with Gasteiger partial charge in [-0.15, -0.1) is 0 Å². The van der Waals surface area contributed by atoms with Crippen molar-refractivity contribution in [2.24, 2.45) is 0 Å². The van der Waals surface area contributed by atoms with Crippen molar-refractivity contribution < 1.29 is 27.5 Å². The van der Waals surface area contributed by atoms with Gasteiger partial charge in [-0.2, -0.15) is 13.2 Å². The minimum absolute atomic E-state index is 0.0436. The second-order valence-corrected chi connectivity index (χ2v) is 6.44. The number of anilines is 1. The van der Waals surface area contributed by atoms with E-state index in [1.165, 1.54) is 19.1 Å². The summed E-state index contributed by atoms with van der Waals surface area (Å²) in [6.07, 6.45) is -5.75. The zero-order valence-electron chi connectivity index (χ0n) is 15.6. The minimum atomic E-state index is -4.53. The quantitative estimate of drug-likeness (QED) is 0.640. The second-order valence-electron chi connectivity index (χ2n) is 6.44. The third-order valence-corrected chi connectivity index (χ3v) is 4.17. The first-order valence-electron chi connectivity index (χ1n) is 8.70. The van der Waals surface area contributed by atoms with Crippen molar-refractivity contribution in [2.75, 3.05) is 5.32 Å². The molecule has 0 aliphatic heterocycles. The Kier molecular flexibility index (Phi) is 5.54. The molecule has 0 aliphatic rings. The van der Waals surface area contributed by atoms with Crippen molar-refractivity contribution in [3.8, 4) is 0 Å². The van der Waals surface area contributed by atoms with Crippen molar-refractivity contribution in [1.82, 2.24) is 4.98 Å². The predicted octanol–water partition coefficient (Wildman–Crippen LogP) is 4.75. The average molecular weight is 402 g/mol. The van der Waals surface area contributed by atoms with Gasteiger partial charge in [0.15, 0.2) is 6.10 Å². The molecule has 29 heavy (non-hydrogen) atoms. The number of esters is 1. The van der Waals surface area contributed by atoms with Gasteiger partial charge in [0.1, 0.15) is 0 Å². The standard InChI is InChI=1S/C21H17F3N2O3/c1-12-10-17(16-8-3-4-9-18(16)25-12)20(28)29-13(2)19(27)26-15-7-5-6-14(11-15)21(22,23)24/h3-11,13H,1-2H3,(H,26,27)/t13-/m1/s1. The minimum Gasteiger partial charge on any atom is -0.449 e. The van der Waals surface area contributed by atoms with Gasteiger partial charge < -0.3 is 10.1 Å². The number of halogens is 3. The number of benzene rings is 2. The molecule has 0 aliphatic carbocycles. The molecular weight excluding hydrogens is 385 g/mol. The molecule has 8 heteroatoms. The SMILES string of the molecule is Cc1cc(C(=O)O[C@H](C)C(=O)Nc2cccc(C(F)(F)F)c2)c2ccccc2n1. The molecule has 0 fully saturated rings. The van der Waals surface area contributed by atoms with E-state index in [9.17, 15) is 22.8 Å². The van der Waals surface area contributed by atoms with Crippen LogP contribution in [-0.2, 0) is 15.7 Å². The lowest BCUT2D eigenvalue weighted by atomic mass is 10.1. The van der Waals surface area contributed by atoms with Crippen molar-refractivity contribution in [3.63, 3.8) is 0 Å². The lowest BCUT2D eigenvalue weighted by molar-refractivity contribution is -0.137. The van der Waals surface area contributed by atoms with Crippen LogP contribution < -0.4 is 5.32 Å². The number of para-hydroxylation sites is 1. The molecular formula is C21H17F3N2O3. The average Bonchev–Trinajstić information content (AvgIpc) is 2.66. The van der Waals surface area contributed by atoms with E-state index in [2.05, 4.69) is 10.3 Å². The van der Waals surface area contributed by atoms with E-state index in [-0.39, 0.29) is 11.3 Å². The lowest BCUT2D eigenvalue weighted by Gasteiger charge is -2.15. The van der Waals surface area contributed by atoms with Crippen molar-refractivity contribution in [3.05, 3.63) is 71.4 Å². The fourth-order valence-corrected chi connectivity index (χ4v) is 2.77. The smallest absolute Gasteiger partial charge is 0.416 e. The third kappa shape index (κ3) is 4.71. The number of aryl methyl sites for hydroxylation is 1. The van der Waals surface area contributed by atoms with E-state index in [4.69, 9.17) is 4.74 Å². The Labute approximate surface area is 164 Å². The zero-order chi connectivity index (χ0) is 21.2. The van der Waals surface area contributed by atoms with E-state index >= 15 is 0 Å². The largest absolute Gasteiger partial charge is 0.449 e. The number of carbonyl (C=O) groups excluding carboxylic acids is 2. The summed E-state index contributed by atoms with van der Waals surface area (Å²) in [5, 5.41) is 2.91. The maximum Gasteiger partial charge on any atom is 0.416 e. The normalized spacial score (nSPS) is 12.4. The Morgan fingerprint density at radius 2 is 1.79 bits per heavy atom. The Morgan fingerprint density at radius 3 is 2.52 bits per heavy atom. The van der Waals surface area contributed by atoms with Gasteiger partial charge in [-0.25, -0.2) is 4.79 Å². The van der Waals surface area contributed by atoms with Gasteiger partial charge in [0, 0.05) is 16.8 Å². The molecule has 5 nitrogen and oxygen atoms in total. The van der Waals surface area contributed by atoms with Crippen LogP contribution in [0.1, 0.15) is 28.5 Å². The molecule has 0 saturated heterocycles. The van der Waals surface area contributed by atoms with Crippen molar-refractivity contribution in [1.29, 1.82) is 0 Å². The van der Waals surface area contributed by atoms with Gasteiger partial charge in [0.05, 0.1) is 16.6 Å². The number of aromatic nitrogens is 1. The number of fused-ring (bicyclic) bond motifs is 1. The number of carbonyl (C=O) groups is 2. The van der Waals surface area contributed by atoms with Gasteiger partial charge >= 0.3 is 12.1 Å². The fraction of sp³-hybridized carbons (Fsp3) is 0.190. The number of alkyl halides is 3. The molecule has 0 radical (unpaired) electrons. The number of ether oxygens (including phenoxy) is 1. The molecule has 0 saturated carbocycles. The highest BCUT2D eigenvalue weighted by Crippen LogP contribution is 2.30. The van der Waals surface area contributed by atoms with Crippen LogP contribution in [0.15, 0.2) is 54.6 Å². The molecule has 1 aromatic heterocycles. The van der Waals surface area contributed by atoms with E-state index in [1.54, 1.807) is 37.3 Å². The van der Waals surface area contributed by atoms with Crippen LogP contribution in [0.2, 0.25) is 0 Å². The Hall–Kier alpha value is -3.42. The summed E-state index contributed by atoms with van der Waals surface area (Å²) < 4.78 is 43.6. The Morgan fingerprint density at radius 1 is 1.07 bits per heavy atom. The molecule has 0 spiro atoms. The van der Waals surface area contributed by atoms with Gasteiger partial charge in [-0.1, -0.05) is 24.3 Å². The Bertz CT molecular complexity index is 1080. The lowest BCUT2D eigenvalue weighted by Crippen LogP contribution is -2.30. The number of nitrogens with one attached hydrogen (secondary N) is 1. The molecule has 3 aromatic rings. The summed E-state index contributed by atoms with van der Waals surface area (Å²) in [4.78, 5) is 29.2. The highest BCUT2D eigenvalue weighted by molar-refractivity contribution is 6.05. The molecule has 1 amide bonds. The van der Waals surface area contributed by atoms with Crippen LogP contribution in [0, 0.1) is 6.92 Å². The number of hydrogen-bond donors (Lipinski definition) is 1. The summed E-state index contributed by atoms with van der Waals surface area (Å²) in [5.41, 5.74) is 0.542. The van der Waals surface area contributed by atoms with Crippen molar-refractivity contribution >= 4 is 28.5 Å². The number of amides is 1. The number of rotatable bonds is 4. The first-order chi connectivity index (χ1) is 13.6. The summed E-state index contributed by atoms with van der Waals surface area (Å²) in [6.45, 7) is 3.07. The topological polar surface area (TPSA) is 68.3 Å². The van der Waals surface area contributed by atoms with E-state index in [0.717, 1.165) is 12.1 Å². The van der Waals surface area contributed by atoms with E-state index < -0.39 is 29.7 Å². The summed E-state index contributed by atoms with van der Waals surface area (Å²) in [5.74, 6) is -1.47. The third-order valence-electron chi connectivity index (χ3n) is 4.17. The fourth-order valence-electron chi connectivity index (χ4n) is 2.77. The second kappa shape index (κ2) is 7.90. The summed E-state index contributed by atoms with van der Waals surface area (Å²) in [6, 6.07) is 12.8. The molecule has 1 atom stereocenters. The molecule has 0 bridgehead atoms. The number of hydrogen-bond acceptors (Lipinski definition) is 4. The van der Waals surface area contributed by atoms with Crippen LogP contribution in [0.5, 0.6) is 0 Å². The summed E-state index contributed by atoms with van der Waals surface area (Å²) in [7, 11) is 0. The summed E-state index contributed by atoms with van der Waals surface area (Å²) >= 11 is 0. The van der Waals surface area contributed by atoms with Crippen LogP contribution in [0.25, 0.3) is 10.9 Å². The highest BCUT2D eigenvalue weighted by atomic mass is 19.4. The van der Waals surface area contributed by atoms with Crippen LogP contribution in [0.3, 0.4) is 0 Å². The van der Waals surface area contributed by atoms with Crippen LogP contribution in [-0.4, -0.2) is 23.0 Å². The maximum absolute atomic E-state index is 12.8. The molecule has 3 rings (SSSR count). The van der Waals surface area contributed by atoms with Gasteiger partial charge in [-0.3, -0.25) is 9.78 Å². The number of pyridine rings is 1. The van der Waals surface area contributed by atoms with Crippen molar-refractivity contribution in [2.45, 2.75) is 26.1 Å².